The van der Waals surface area contributed by atoms with Crippen LogP contribution in [0.2, 0.25) is 0 Å². The summed E-state index contributed by atoms with van der Waals surface area (Å²) in [7, 11) is 0. The molecule has 0 fully saturated rings. The molecule has 0 radical (unpaired) electrons. The highest BCUT2D eigenvalue weighted by Gasteiger charge is 2.28. The van der Waals surface area contributed by atoms with Crippen LogP contribution in [0.5, 0.6) is 0 Å². The van der Waals surface area contributed by atoms with Gasteiger partial charge in [0.2, 0.25) is 0 Å². The number of likely N-dealkylation sites (N-methyl/N-ethyl adjacent to an activating group) is 1. The summed E-state index contributed by atoms with van der Waals surface area (Å²) in [6, 6.07) is 4.32. The Balaban J connectivity index is 2.72. The van der Waals surface area contributed by atoms with Crippen molar-refractivity contribution in [3.05, 3.63) is 24.2 Å². The standard InChI is InChI=1S/C13H24N2O/c1-5-15(10-11-7-6-8-16-11)12(9-14)13(2,3)4/h6-8,12H,5,9-10,14H2,1-4H3. The summed E-state index contributed by atoms with van der Waals surface area (Å²) < 4.78 is 5.39. The molecule has 0 aliphatic carbocycles. The van der Waals surface area contributed by atoms with E-state index in [9.17, 15) is 0 Å². The Kier molecular flexibility index (Phi) is 4.56. The third-order valence-electron chi connectivity index (χ3n) is 3.01. The van der Waals surface area contributed by atoms with Gasteiger partial charge in [-0.15, -0.1) is 0 Å². The van der Waals surface area contributed by atoms with Gasteiger partial charge in [0.25, 0.3) is 0 Å². The van der Waals surface area contributed by atoms with Crippen LogP contribution in [-0.2, 0) is 6.54 Å². The molecule has 1 aromatic rings. The van der Waals surface area contributed by atoms with Crippen molar-refractivity contribution in [2.75, 3.05) is 13.1 Å². The molecule has 3 nitrogen and oxygen atoms in total. The fraction of sp³-hybridized carbons (Fsp3) is 0.692. The van der Waals surface area contributed by atoms with Gasteiger partial charge in [0.15, 0.2) is 0 Å². The van der Waals surface area contributed by atoms with Crippen LogP contribution in [0, 0.1) is 5.41 Å². The Morgan fingerprint density at radius 2 is 2.12 bits per heavy atom. The number of hydrogen-bond acceptors (Lipinski definition) is 3. The minimum absolute atomic E-state index is 0.192. The van der Waals surface area contributed by atoms with E-state index in [1.165, 1.54) is 0 Å². The first kappa shape index (κ1) is 13.3. The Morgan fingerprint density at radius 3 is 2.50 bits per heavy atom. The van der Waals surface area contributed by atoms with Crippen LogP contribution in [0.3, 0.4) is 0 Å². The monoisotopic (exact) mass is 224 g/mol. The lowest BCUT2D eigenvalue weighted by Gasteiger charge is -2.38. The normalized spacial score (nSPS) is 14.4. The maximum Gasteiger partial charge on any atom is 0.117 e. The van der Waals surface area contributed by atoms with Gasteiger partial charge in [-0.1, -0.05) is 27.7 Å². The fourth-order valence-electron chi connectivity index (χ4n) is 2.10. The summed E-state index contributed by atoms with van der Waals surface area (Å²) >= 11 is 0. The second kappa shape index (κ2) is 5.51. The van der Waals surface area contributed by atoms with E-state index < -0.39 is 0 Å². The number of nitrogens with two attached hydrogens (primary N) is 1. The summed E-state index contributed by atoms with van der Waals surface area (Å²) in [5.74, 6) is 1.00. The molecule has 0 saturated carbocycles. The van der Waals surface area contributed by atoms with Crippen LogP contribution in [-0.4, -0.2) is 24.0 Å². The minimum atomic E-state index is 0.192. The lowest BCUT2D eigenvalue weighted by atomic mass is 9.85. The van der Waals surface area contributed by atoms with Crippen LogP contribution in [0.1, 0.15) is 33.5 Å². The van der Waals surface area contributed by atoms with Crippen molar-refractivity contribution in [2.24, 2.45) is 11.1 Å². The molecule has 0 aliphatic heterocycles. The van der Waals surface area contributed by atoms with Gasteiger partial charge in [-0.25, -0.2) is 0 Å². The van der Waals surface area contributed by atoms with Gasteiger partial charge in [0.1, 0.15) is 5.76 Å². The molecule has 3 heteroatoms. The molecule has 1 heterocycles. The Labute approximate surface area is 98.6 Å². The SMILES string of the molecule is CCN(Cc1ccco1)C(CN)C(C)(C)C. The molecule has 92 valence electrons. The first-order valence-corrected chi connectivity index (χ1v) is 5.95. The van der Waals surface area contributed by atoms with Gasteiger partial charge < -0.3 is 10.2 Å². The van der Waals surface area contributed by atoms with E-state index in [2.05, 4.69) is 32.6 Å². The zero-order valence-electron chi connectivity index (χ0n) is 10.9. The van der Waals surface area contributed by atoms with Crippen molar-refractivity contribution < 1.29 is 4.42 Å². The second-order valence-electron chi connectivity index (χ2n) is 5.26. The molecule has 1 aromatic heterocycles. The fourth-order valence-corrected chi connectivity index (χ4v) is 2.10. The highest BCUT2D eigenvalue weighted by atomic mass is 16.3. The Morgan fingerprint density at radius 1 is 1.44 bits per heavy atom. The molecule has 0 bridgehead atoms. The average Bonchev–Trinajstić information content (AvgIpc) is 2.67. The Bertz CT molecular complexity index is 287. The van der Waals surface area contributed by atoms with Crippen LogP contribution < -0.4 is 5.73 Å². The van der Waals surface area contributed by atoms with Crippen molar-refractivity contribution in [3.8, 4) is 0 Å². The van der Waals surface area contributed by atoms with E-state index in [0.29, 0.717) is 12.6 Å². The summed E-state index contributed by atoms with van der Waals surface area (Å²) in [6.07, 6.45) is 1.72. The molecule has 0 aromatic carbocycles. The molecular formula is C13H24N2O. The van der Waals surface area contributed by atoms with Gasteiger partial charge in [-0.3, -0.25) is 4.90 Å². The largest absolute Gasteiger partial charge is 0.468 e. The van der Waals surface area contributed by atoms with Crippen molar-refractivity contribution in [1.29, 1.82) is 0 Å². The lowest BCUT2D eigenvalue weighted by molar-refractivity contribution is 0.0962. The Hall–Kier alpha value is -0.800. The zero-order chi connectivity index (χ0) is 12.2. The van der Waals surface area contributed by atoms with Gasteiger partial charge in [0, 0.05) is 12.6 Å². The highest BCUT2D eigenvalue weighted by Crippen LogP contribution is 2.24. The van der Waals surface area contributed by atoms with E-state index in [4.69, 9.17) is 10.2 Å². The van der Waals surface area contributed by atoms with Crippen LogP contribution in [0.4, 0.5) is 0 Å². The van der Waals surface area contributed by atoms with Gasteiger partial charge in [-0.05, 0) is 24.1 Å². The van der Waals surface area contributed by atoms with Crippen LogP contribution >= 0.6 is 0 Å². The molecule has 1 atom stereocenters. The number of furan rings is 1. The molecule has 0 aliphatic rings. The summed E-state index contributed by atoms with van der Waals surface area (Å²) in [5, 5.41) is 0. The first-order valence-electron chi connectivity index (χ1n) is 5.95. The van der Waals surface area contributed by atoms with E-state index in [-0.39, 0.29) is 5.41 Å². The maximum atomic E-state index is 5.89. The van der Waals surface area contributed by atoms with Crippen molar-refractivity contribution in [2.45, 2.75) is 40.3 Å². The van der Waals surface area contributed by atoms with Gasteiger partial charge in [-0.2, -0.15) is 0 Å². The number of hydrogen-bond donors (Lipinski definition) is 1. The van der Waals surface area contributed by atoms with Crippen LogP contribution in [0.25, 0.3) is 0 Å². The van der Waals surface area contributed by atoms with Gasteiger partial charge in [0.05, 0.1) is 12.8 Å². The van der Waals surface area contributed by atoms with E-state index in [1.54, 1.807) is 6.26 Å². The van der Waals surface area contributed by atoms with E-state index in [1.807, 2.05) is 12.1 Å². The third-order valence-corrected chi connectivity index (χ3v) is 3.01. The minimum Gasteiger partial charge on any atom is -0.468 e. The number of nitrogens with zero attached hydrogens (tertiary/aromatic N) is 1. The molecule has 0 spiro atoms. The second-order valence-corrected chi connectivity index (χ2v) is 5.26. The molecule has 16 heavy (non-hydrogen) atoms. The average molecular weight is 224 g/mol. The summed E-state index contributed by atoms with van der Waals surface area (Å²) in [4.78, 5) is 2.37. The first-order chi connectivity index (χ1) is 7.49. The summed E-state index contributed by atoms with van der Waals surface area (Å²) in [5.41, 5.74) is 6.08. The molecule has 1 unspecified atom stereocenters. The lowest BCUT2D eigenvalue weighted by Crippen LogP contribution is -2.48. The molecule has 0 saturated heterocycles. The topological polar surface area (TPSA) is 42.4 Å². The smallest absolute Gasteiger partial charge is 0.117 e. The third kappa shape index (κ3) is 3.35. The van der Waals surface area contributed by atoms with E-state index >= 15 is 0 Å². The highest BCUT2D eigenvalue weighted by molar-refractivity contribution is 4.99. The van der Waals surface area contributed by atoms with Crippen molar-refractivity contribution in [1.82, 2.24) is 4.90 Å². The van der Waals surface area contributed by atoms with Crippen LogP contribution in [0.15, 0.2) is 22.8 Å². The molecule has 1 rings (SSSR count). The van der Waals surface area contributed by atoms with Crippen molar-refractivity contribution in [3.63, 3.8) is 0 Å². The molecular weight excluding hydrogens is 200 g/mol. The van der Waals surface area contributed by atoms with Crippen molar-refractivity contribution >= 4 is 0 Å². The molecule has 2 N–H and O–H groups in total. The van der Waals surface area contributed by atoms with Gasteiger partial charge >= 0.3 is 0 Å². The maximum absolute atomic E-state index is 5.89. The quantitative estimate of drug-likeness (QED) is 0.835. The summed E-state index contributed by atoms with van der Waals surface area (Å²) in [6.45, 7) is 11.4. The predicted octanol–water partition coefficient (Wildman–Crippen LogP) is 2.47. The molecule has 0 amide bonds. The van der Waals surface area contributed by atoms with E-state index in [0.717, 1.165) is 18.8 Å². The zero-order valence-corrected chi connectivity index (χ0v) is 10.9. The predicted molar refractivity (Wildman–Crippen MR) is 67.1 cm³/mol. The number of rotatable bonds is 5.